The van der Waals surface area contributed by atoms with E-state index >= 15 is 0 Å². The lowest BCUT2D eigenvalue weighted by atomic mass is 9.86. The van der Waals surface area contributed by atoms with Crippen molar-refractivity contribution < 1.29 is 31.2 Å². The molecule has 0 saturated heterocycles. The van der Waals surface area contributed by atoms with E-state index in [4.69, 9.17) is 23.2 Å². The highest BCUT2D eigenvalue weighted by Gasteiger charge is 2.35. The molecule has 0 unspecified atom stereocenters. The SMILES string of the molecule is CC(C)(C)C(=O)c1cccc(C(=O)c2ncc(Cl)cc2NS(=O)(=O)c2ccc(Cl)c(C(F)(F)F)c2)c1. The molecule has 0 fully saturated rings. The van der Waals surface area contributed by atoms with Crippen LogP contribution in [-0.4, -0.2) is 25.0 Å². The highest BCUT2D eigenvalue weighted by Crippen LogP contribution is 2.36. The Morgan fingerprint density at radius 3 is 2.19 bits per heavy atom. The van der Waals surface area contributed by atoms with Gasteiger partial charge in [0.25, 0.3) is 10.0 Å². The number of ketones is 2. The number of nitrogens with one attached hydrogen (secondary N) is 1. The first-order valence-corrected chi connectivity index (χ1v) is 12.5. The number of benzene rings is 2. The van der Waals surface area contributed by atoms with Gasteiger partial charge in [0.05, 0.1) is 26.2 Å². The van der Waals surface area contributed by atoms with E-state index in [1.54, 1.807) is 26.8 Å². The van der Waals surface area contributed by atoms with Crippen LogP contribution in [0.25, 0.3) is 0 Å². The van der Waals surface area contributed by atoms with Gasteiger partial charge in [-0.05, 0) is 30.3 Å². The molecule has 0 amide bonds. The van der Waals surface area contributed by atoms with E-state index < -0.39 is 42.9 Å². The van der Waals surface area contributed by atoms with Crippen LogP contribution in [0.4, 0.5) is 18.9 Å². The predicted molar refractivity (Wildman–Crippen MR) is 130 cm³/mol. The normalized spacial score (nSPS) is 12.3. The Bertz CT molecular complexity index is 1470. The molecular weight excluding hydrogens is 540 g/mol. The topological polar surface area (TPSA) is 93.2 Å². The molecule has 0 atom stereocenters. The maximum Gasteiger partial charge on any atom is 0.417 e. The van der Waals surface area contributed by atoms with Gasteiger partial charge in [0.2, 0.25) is 5.78 Å². The minimum atomic E-state index is -4.89. The number of aromatic nitrogens is 1. The number of hydrogen-bond acceptors (Lipinski definition) is 5. The number of anilines is 1. The molecule has 36 heavy (non-hydrogen) atoms. The lowest BCUT2D eigenvalue weighted by molar-refractivity contribution is -0.137. The first kappa shape index (κ1) is 27.6. The van der Waals surface area contributed by atoms with Gasteiger partial charge in [0, 0.05) is 22.7 Å². The molecule has 2 aromatic carbocycles. The van der Waals surface area contributed by atoms with Crippen LogP contribution < -0.4 is 4.72 Å². The number of carbonyl (C=O) groups excluding carboxylic acids is 2. The molecule has 1 N–H and O–H groups in total. The average Bonchev–Trinajstić information content (AvgIpc) is 2.77. The second-order valence-electron chi connectivity index (χ2n) is 8.78. The number of pyridine rings is 1. The quantitative estimate of drug-likeness (QED) is 0.341. The Morgan fingerprint density at radius 1 is 0.944 bits per heavy atom. The summed E-state index contributed by atoms with van der Waals surface area (Å²) in [6.45, 7) is 5.16. The summed E-state index contributed by atoms with van der Waals surface area (Å²) < 4.78 is 67.6. The Balaban J connectivity index is 2.04. The highest BCUT2D eigenvalue weighted by atomic mass is 35.5. The molecular formula is C24H19Cl2F3N2O4S. The third-order valence-corrected chi connectivity index (χ3v) is 6.83. The average molecular weight is 559 g/mol. The van der Waals surface area contributed by atoms with E-state index in [0.29, 0.717) is 6.07 Å². The zero-order valence-electron chi connectivity index (χ0n) is 19.1. The summed E-state index contributed by atoms with van der Waals surface area (Å²) in [7, 11) is -4.62. The Morgan fingerprint density at radius 2 is 1.58 bits per heavy atom. The van der Waals surface area contributed by atoms with Crippen LogP contribution in [0.15, 0.2) is 59.6 Å². The summed E-state index contributed by atoms with van der Waals surface area (Å²) in [4.78, 5) is 29.1. The lowest BCUT2D eigenvalue weighted by Crippen LogP contribution is -2.21. The number of carbonyl (C=O) groups is 2. The fraction of sp³-hybridized carbons (Fsp3) is 0.208. The first-order chi connectivity index (χ1) is 16.5. The Labute approximate surface area is 215 Å². The van der Waals surface area contributed by atoms with E-state index in [0.717, 1.165) is 24.4 Å². The largest absolute Gasteiger partial charge is 0.417 e. The summed E-state index contributed by atoms with van der Waals surface area (Å²) in [6.07, 6.45) is -3.78. The fourth-order valence-corrected chi connectivity index (χ4v) is 4.63. The first-order valence-electron chi connectivity index (χ1n) is 10.3. The molecule has 6 nitrogen and oxygen atoms in total. The predicted octanol–water partition coefficient (Wildman–Crippen LogP) is 6.67. The molecule has 0 saturated carbocycles. The molecule has 0 radical (unpaired) electrons. The molecule has 3 aromatic rings. The summed E-state index contributed by atoms with van der Waals surface area (Å²) in [6, 6.07) is 9.00. The van der Waals surface area contributed by atoms with Crippen molar-refractivity contribution in [1.82, 2.24) is 4.98 Å². The molecule has 12 heteroatoms. The Kier molecular flexibility index (Phi) is 7.55. The van der Waals surface area contributed by atoms with Crippen molar-refractivity contribution in [3.63, 3.8) is 0 Å². The van der Waals surface area contributed by atoms with Gasteiger partial charge in [-0.3, -0.25) is 14.3 Å². The van der Waals surface area contributed by atoms with E-state index in [-0.39, 0.29) is 33.3 Å². The smallest absolute Gasteiger partial charge is 0.294 e. The molecule has 190 valence electrons. The van der Waals surface area contributed by atoms with Gasteiger partial charge in [-0.25, -0.2) is 13.4 Å². The van der Waals surface area contributed by atoms with Gasteiger partial charge < -0.3 is 0 Å². The highest BCUT2D eigenvalue weighted by molar-refractivity contribution is 7.92. The number of rotatable bonds is 6. The van der Waals surface area contributed by atoms with Gasteiger partial charge in [-0.15, -0.1) is 0 Å². The second-order valence-corrected chi connectivity index (χ2v) is 11.3. The van der Waals surface area contributed by atoms with Gasteiger partial charge in [-0.2, -0.15) is 13.2 Å². The lowest BCUT2D eigenvalue weighted by Gasteiger charge is -2.17. The van der Waals surface area contributed by atoms with Crippen LogP contribution >= 0.6 is 23.2 Å². The van der Waals surface area contributed by atoms with Gasteiger partial charge in [0.15, 0.2) is 5.78 Å². The van der Waals surface area contributed by atoms with Crippen LogP contribution in [0.3, 0.4) is 0 Å². The second kappa shape index (κ2) is 9.84. The van der Waals surface area contributed by atoms with Crippen LogP contribution in [-0.2, 0) is 16.2 Å². The van der Waals surface area contributed by atoms with Gasteiger partial charge in [0.1, 0.15) is 5.69 Å². The van der Waals surface area contributed by atoms with Crippen LogP contribution in [0.5, 0.6) is 0 Å². The number of nitrogens with zero attached hydrogens (tertiary/aromatic N) is 1. The summed E-state index contributed by atoms with van der Waals surface area (Å²) in [5, 5.41) is -0.709. The van der Waals surface area contributed by atoms with Crippen molar-refractivity contribution in [3.05, 3.63) is 87.2 Å². The van der Waals surface area contributed by atoms with Crippen LogP contribution in [0.2, 0.25) is 10.0 Å². The minimum absolute atomic E-state index is 0.0343. The number of hydrogen-bond donors (Lipinski definition) is 1. The van der Waals surface area contributed by atoms with Crippen molar-refractivity contribution >= 4 is 50.5 Å². The van der Waals surface area contributed by atoms with Gasteiger partial charge >= 0.3 is 6.18 Å². The van der Waals surface area contributed by atoms with Crippen molar-refractivity contribution in [1.29, 1.82) is 0 Å². The van der Waals surface area contributed by atoms with E-state index in [9.17, 15) is 31.2 Å². The van der Waals surface area contributed by atoms with E-state index in [1.807, 2.05) is 0 Å². The monoisotopic (exact) mass is 558 g/mol. The van der Waals surface area contributed by atoms with Crippen LogP contribution in [0.1, 0.15) is 52.7 Å². The van der Waals surface area contributed by atoms with Crippen molar-refractivity contribution in [2.24, 2.45) is 5.41 Å². The molecule has 1 aromatic heterocycles. The third kappa shape index (κ3) is 6.05. The molecule has 1 heterocycles. The van der Waals surface area contributed by atoms with Gasteiger partial charge in [-0.1, -0.05) is 62.2 Å². The molecule has 3 rings (SSSR count). The van der Waals surface area contributed by atoms with Crippen molar-refractivity contribution in [2.75, 3.05) is 4.72 Å². The molecule has 0 aliphatic heterocycles. The van der Waals surface area contributed by atoms with E-state index in [2.05, 4.69) is 9.71 Å². The number of sulfonamides is 1. The zero-order valence-corrected chi connectivity index (χ0v) is 21.4. The number of Topliss-reactive ketones (excluding diaryl/α,β-unsaturated/α-hetero) is 1. The maximum atomic E-state index is 13.2. The van der Waals surface area contributed by atoms with Crippen LogP contribution in [0, 0.1) is 5.41 Å². The minimum Gasteiger partial charge on any atom is -0.294 e. The summed E-state index contributed by atoms with van der Waals surface area (Å²) in [5.74, 6) is -0.953. The van der Waals surface area contributed by atoms with E-state index in [1.165, 1.54) is 18.2 Å². The van der Waals surface area contributed by atoms with Crippen molar-refractivity contribution in [2.45, 2.75) is 31.8 Å². The fourth-order valence-electron chi connectivity index (χ4n) is 3.16. The Hall–Kier alpha value is -2.95. The standard InChI is InChI=1S/C24H19Cl2F3N2O4S/c1-23(2,3)22(33)14-6-4-5-13(9-14)21(32)20-19(10-15(25)12-30-20)31-36(34,35)16-7-8-18(26)17(11-16)24(27,28)29/h4-12,31H,1-3H3. The third-order valence-electron chi connectivity index (χ3n) is 4.94. The zero-order chi connectivity index (χ0) is 27.1. The maximum absolute atomic E-state index is 13.2. The summed E-state index contributed by atoms with van der Waals surface area (Å²) in [5.41, 5.74) is -2.46. The number of alkyl halides is 3. The number of halogens is 5. The molecule has 0 aliphatic carbocycles. The summed E-state index contributed by atoms with van der Waals surface area (Å²) >= 11 is 11.5. The molecule has 0 aliphatic rings. The van der Waals surface area contributed by atoms with Crippen molar-refractivity contribution in [3.8, 4) is 0 Å². The molecule has 0 spiro atoms. The molecule has 0 bridgehead atoms.